The van der Waals surface area contributed by atoms with Crippen LogP contribution in [-0.2, 0) is 10.0 Å². The fourth-order valence-electron chi connectivity index (χ4n) is 5.25. The molecule has 0 unspecified atom stereocenters. The second-order valence-corrected chi connectivity index (χ2v) is 11.4. The van der Waals surface area contributed by atoms with E-state index >= 15 is 0 Å². The molecule has 0 aromatic heterocycles. The van der Waals surface area contributed by atoms with Gasteiger partial charge >= 0.3 is 0 Å². The molecule has 1 saturated heterocycles. The standard InChI is InChI=1S/C32H33N3O3S.ClH/c1-2-35(29-18-10-5-11-19-29)39(37,38)30-20-12-17-28(25-30)32(36)34-23-21-33(22-24-34)31(26-13-6-3-7-14-26)27-15-8-4-9-16-27;/h3-20,25,31H,2,21-24H2,1H3;1H. The van der Waals surface area contributed by atoms with Gasteiger partial charge < -0.3 is 4.90 Å². The van der Waals surface area contributed by atoms with E-state index < -0.39 is 10.0 Å². The lowest BCUT2D eigenvalue weighted by atomic mass is 9.96. The van der Waals surface area contributed by atoms with Gasteiger partial charge in [-0.05, 0) is 48.4 Å². The fourth-order valence-corrected chi connectivity index (χ4v) is 6.77. The molecule has 1 aliphatic rings. The third kappa shape index (κ3) is 6.22. The van der Waals surface area contributed by atoms with Crippen molar-refractivity contribution < 1.29 is 13.2 Å². The Hall–Kier alpha value is -3.65. The number of carbonyl (C=O) groups is 1. The van der Waals surface area contributed by atoms with Gasteiger partial charge in [0.25, 0.3) is 15.9 Å². The zero-order valence-electron chi connectivity index (χ0n) is 22.5. The molecule has 1 fully saturated rings. The zero-order valence-corrected chi connectivity index (χ0v) is 24.1. The molecular formula is C32H34ClN3O3S. The van der Waals surface area contributed by atoms with Crippen LogP contribution >= 0.6 is 12.4 Å². The summed E-state index contributed by atoms with van der Waals surface area (Å²) in [4.78, 5) is 17.9. The minimum absolute atomic E-state index is 0. The first-order chi connectivity index (χ1) is 19.0. The van der Waals surface area contributed by atoms with E-state index in [0.717, 1.165) is 13.1 Å². The van der Waals surface area contributed by atoms with E-state index in [-0.39, 0.29) is 35.8 Å². The molecule has 1 aliphatic heterocycles. The van der Waals surface area contributed by atoms with Crippen LogP contribution in [0, 0.1) is 0 Å². The van der Waals surface area contributed by atoms with Crippen LogP contribution in [0.15, 0.2) is 120 Å². The molecule has 0 saturated carbocycles. The van der Waals surface area contributed by atoms with Crippen LogP contribution in [0.5, 0.6) is 0 Å². The van der Waals surface area contributed by atoms with Gasteiger partial charge in [0.15, 0.2) is 0 Å². The summed E-state index contributed by atoms with van der Waals surface area (Å²) >= 11 is 0. The number of rotatable bonds is 8. The Morgan fingerprint density at radius 1 is 0.750 bits per heavy atom. The number of sulfonamides is 1. The van der Waals surface area contributed by atoms with E-state index in [9.17, 15) is 13.2 Å². The summed E-state index contributed by atoms with van der Waals surface area (Å²) in [6, 6.07) is 36.4. The molecule has 0 bridgehead atoms. The number of carbonyl (C=O) groups excluding carboxylic acids is 1. The topological polar surface area (TPSA) is 60.9 Å². The van der Waals surface area contributed by atoms with Crippen molar-refractivity contribution >= 4 is 34.0 Å². The highest BCUT2D eigenvalue weighted by Gasteiger charge is 2.30. The first-order valence-electron chi connectivity index (χ1n) is 13.3. The first kappa shape index (κ1) is 29.3. The maximum absolute atomic E-state index is 13.5. The number of anilines is 1. The Balaban J connectivity index is 0.00000370. The highest BCUT2D eigenvalue weighted by atomic mass is 35.5. The third-order valence-electron chi connectivity index (χ3n) is 7.20. The van der Waals surface area contributed by atoms with Gasteiger partial charge in [-0.1, -0.05) is 84.9 Å². The SMILES string of the molecule is CCN(c1ccccc1)S(=O)(=O)c1cccc(C(=O)N2CCN(C(c3ccccc3)c3ccccc3)CC2)c1.Cl. The van der Waals surface area contributed by atoms with Crippen molar-refractivity contribution in [2.24, 2.45) is 0 Å². The molecule has 4 aromatic rings. The average molecular weight is 576 g/mol. The van der Waals surface area contributed by atoms with Crippen molar-refractivity contribution in [3.63, 3.8) is 0 Å². The average Bonchev–Trinajstić information content (AvgIpc) is 2.99. The summed E-state index contributed by atoms with van der Waals surface area (Å²) in [5.41, 5.74) is 3.43. The number of para-hydroxylation sites is 1. The van der Waals surface area contributed by atoms with Crippen molar-refractivity contribution in [2.75, 3.05) is 37.0 Å². The second kappa shape index (κ2) is 13.1. The van der Waals surface area contributed by atoms with E-state index in [2.05, 4.69) is 53.4 Å². The first-order valence-corrected chi connectivity index (χ1v) is 14.7. The van der Waals surface area contributed by atoms with Crippen LogP contribution < -0.4 is 4.31 Å². The molecule has 0 aliphatic carbocycles. The molecular weight excluding hydrogens is 542 g/mol. The molecule has 6 nitrogen and oxygen atoms in total. The molecule has 0 radical (unpaired) electrons. The van der Waals surface area contributed by atoms with Crippen molar-refractivity contribution in [3.8, 4) is 0 Å². The molecule has 5 rings (SSSR count). The van der Waals surface area contributed by atoms with Gasteiger partial charge in [0.2, 0.25) is 0 Å². The van der Waals surface area contributed by atoms with E-state index in [4.69, 9.17) is 0 Å². The number of hydrogen-bond donors (Lipinski definition) is 0. The second-order valence-electron chi connectivity index (χ2n) is 9.59. The van der Waals surface area contributed by atoms with Crippen LogP contribution in [0.2, 0.25) is 0 Å². The van der Waals surface area contributed by atoms with Gasteiger partial charge in [-0.25, -0.2) is 8.42 Å². The molecule has 1 heterocycles. The summed E-state index contributed by atoms with van der Waals surface area (Å²) in [5.74, 6) is -0.148. The lowest BCUT2D eigenvalue weighted by molar-refractivity contribution is 0.0597. The number of amides is 1. The van der Waals surface area contributed by atoms with Crippen molar-refractivity contribution in [2.45, 2.75) is 17.9 Å². The Labute approximate surface area is 243 Å². The molecule has 8 heteroatoms. The molecule has 1 amide bonds. The summed E-state index contributed by atoms with van der Waals surface area (Å²) in [5, 5.41) is 0. The quantitative estimate of drug-likeness (QED) is 0.264. The normalized spacial score (nSPS) is 14.0. The number of piperazine rings is 1. The predicted octanol–water partition coefficient (Wildman–Crippen LogP) is 5.87. The number of nitrogens with zero attached hydrogens (tertiary/aromatic N) is 3. The van der Waals surface area contributed by atoms with Gasteiger partial charge in [0, 0.05) is 38.3 Å². The summed E-state index contributed by atoms with van der Waals surface area (Å²) in [6.07, 6.45) is 0. The highest BCUT2D eigenvalue weighted by molar-refractivity contribution is 7.92. The third-order valence-corrected chi connectivity index (χ3v) is 9.10. The van der Waals surface area contributed by atoms with Crippen molar-refractivity contribution in [3.05, 3.63) is 132 Å². The molecule has 0 atom stereocenters. The Morgan fingerprint density at radius 2 is 1.27 bits per heavy atom. The van der Waals surface area contributed by atoms with Gasteiger partial charge in [-0.2, -0.15) is 0 Å². The number of benzene rings is 4. The van der Waals surface area contributed by atoms with E-state index in [1.807, 2.05) is 35.2 Å². The maximum Gasteiger partial charge on any atom is 0.264 e. The summed E-state index contributed by atoms with van der Waals surface area (Å²) in [7, 11) is -3.82. The Morgan fingerprint density at radius 3 is 1.80 bits per heavy atom. The van der Waals surface area contributed by atoms with Gasteiger partial charge in [0.05, 0.1) is 16.6 Å². The minimum atomic E-state index is -3.82. The Bertz CT molecular complexity index is 1450. The molecule has 208 valence electrons. The van der Waals surface area contributed by atoms with E-state index in [1.165, 1.54) is 21.5 Å². The zero-order chi connectivity index (χ0) is 27.2. The maximum atomic E-state index is 13.5. The molecule has 4 aromatic carbocycles. The smallest absolute Gasteiger partial charge is 0.264 e. The van der Waals surface area contributed by atoms with Crippen LogP contribution in [-0.4, -0.2) is 56.8 Å². The molecule has 0 N–H and O–H groups in total. The van der Waals surface area contributed by atoms with Crippen molar-refractivity contribution in [1.29, 1.82) is 0 Å². The van der Waals surface area contributed by atoms with Gasteiger partial charge in [-0.15, -0.1) is 12.4 Å². The largest absolute Gasteiger partial charge is 0.336 e. The van der Waals surface area contributed by atoms with Crippen LogP contribution in [0.3, 0.4) is 0 Å². The van der Waals surface area contributed by atoms with E-state index in [0.29, 0.717) is 24.3 Å². The lowest BCUT2D eigenvalue weighted by Crippen LogP contribution is -2.49. The number of halogens is 1. The molecule has 40 heavy (non-hydrogen) atoms. The predicted molar refractivity (Wildman–Crippen MR) is 163 cm³/mol. The fraction of sp³-hybridized carbons (Fsp3) is 0.219. The van der Waals surface area contributed by atoms with Gasteiger partial charge in [0.1, 0.15) is 0 Å². The highest BCUT2D eigenvalue weighted by Crippen LogP contribution is 2.30. The van der Waals surface area contributed by atoms with Crippen LogP contribution in [0.1, 0.15) is 34.5 Å². The monoisotopic (exact) mass is 575 g/mol. The van der Waals surface area contributed by atoms with Crippen LogP contribution in [0.4, 0.5) is 5.69 Å². The van der Waals surface area contributed by atoms with Crippen LogP contribution in [0.25, 0.3) is 0 Å². The number of hydrogen-bond acceptors (Lipinski definition) is 4. The van der Waals surface area contributed by atoms with Gasteiger partial charge in [-0.3, -0.25) is 14.0 Å². The molecule has 0 spiro atoms. The van der Waals surface area contributed by atoms with E-state index in [1.54, 1.807) is 37.3 Å². The summed E-state index contributed by atoms with van der Waals surface area (Å²) in [6.45, 7) is 4.66. The lowest BCUT2D eigenvalue weighted by Gasteiger charge is -2.39. The summed E-state index contributed by atoms with van der Waals surface area (Å²) < 4.78 is 28.4. The minimum Gasteiger partial charge on any atom is -0.336 e. The Kier molecular flexibility index (Phi) is 9.63. The van der Waals surface area contributed by atoms with Crippen molar-refractivity contribution in [1.82, 2.24) is 9.80 Å².